The van der Waals surface area contributed by atoms with Gasteiger partial charge in [0.05, 0.1) is 0 Å². The third kappa shape index (κ3) is 3.73. The zero-order chi connectivity index (χ0) is 7.94. The Labute approximate surface area is 69.9 Å². The molecule has 2 nitrogen and oxygen atoms in total. The fourth-order valence-electron chi connectivity index (χ4n) is 1.65. The van der Waals surface area contributed by atoms with Crippen molar-refractivity contribution in [3.8, 4) is 0 Å². The molecule has 1 aliphatic rings. The first-order chi connectivity index (χ1) is 5.43. The molecule has 66 valence electrons. The van der Waals surface area contributed by atoms with Gasteiger partial charge in [-0.25, -0.2) is 5.01 Å². The van der Waals surface area contributed by atoms with Gasteiger partial charge < -0.3 is 0 Å². The van der Waals surface area contributed by atoms with Crippen LogP contribution in [0.25, 0.3) is 0 Å². The molecule has 1 N–H and O–H groups in total. The van der Waals surface area contributed by atoms with Crippen LogP contribution in [0.4, 0.5) is 0 Å². The number of rotatable bonds is 1. The van der Waals surface area contributed by atoms with E-state index in [1.807, 2.05) is 7.05 Å². The Bertz CT molecular complexity index is 83.6. The molecule has 0 amide bonds. The molecule has 1 aliphatic heterocycles. The summed E-state index contributed by atoms with van der Waals surface area (Å²) in [7, 11) is 2.03. The third-order valence-electron chi connectivity index (χ3n) is 2.42. The molecule has 1 rings (SSSR count). The van der Waals surface area contributed by atoms with Crippen molar-refractivity contribution in [2.75, 3.05) is 20.1 Å². The van der Waals surface area contributed by atoms with Crippen molar-refractivity contribution in [3.05, 3.63) is 0 Å². The highest BCUT2D eigenvalue weighted by molar-refractivity contribution is 4.56. The van der Waals surface area contributed by atoms with Crippen molar-refractivity contribution in [3.63, 3.8) is 0 Å². The molecule has 0 spiro atoms. The fourth-order valence-corrected chi connectivity index (χ4v) is 1.65. The summed E-state index contributed by atoms with van der Waals surface area (Å²) in [5.41, 5.74) is 3.23. The standard InChI is InChI=1S/C9H20N2/c1-10-11-8-6-4-2-3-5-7-9-11/h10H,2-9H2,1H3. The molecule has 0 unspecified atom stereocenters. The maximum absolute atomic E-state index is 3.23. The molecule has 2 heteroatoms. The van der Waals surface area contributed by atoms with Crippen LogP contribution in [0.15, 0.2) is 0 Å². The second kappa shape index (κ2) is 5.56. The topological polar surface area (TPSA) is 15.3 Å². The first kappa shape index (κ1) is 9.01. The van der Waals surface area contributed by atoms with Crippen LogP contribution in [0.1, 0.15) is 38.5 Å². The normalized spacial score (nSPS) is 23.7. The van der Waals surface area contributed by atoms with Crippen LogP contribution in [0, 0.1) is 0 Å². The largest absolute Gasteiger partial charge is 0.258 e. The van der Waals surface area contributed by atoms with Crippen LogP contribution in [-0.4, -0.2) is 25.1 Å². The zero-order valence-electron chi connectivity index (χ0n) is 7.60. The molecule has 0 saturated carbocycles. The van der Waals surface area contributed by atoms with E-state index in [-0.39, 0.29) is 0 Å². The first-order valence-corrected chi connectivity index (χ1v) is 4.86. The number of hydrogen-bond donors (Lipinski definition) is 1. The Hall–Kier alpha value is -0.0800. The van der Waals surface area contributed by atoms with Crippen LogP contribution in [0.5, 0.6) is 0 Å². The minimum atomic E-state index is 1.23. The SMILES string of the molecule is CNN1CCCCCCCC1. The summed E-state index contributed by atoms with van der Waals surface area (Å²) in [5.74, 6) is 0. The summed E-state index contributed by atoms with van der Waals surface area (Å²) < 4.78 is 0. The Morgan fingerprint density at radius 3 is 1.73 bits per heavy atom. The van der Waals surface area contributed by atoms with E-state index in [1.165, 1.54) is 51.6 Å². The van der Waals surface area contributed by atoms with E-state index in [1.54, 1.807) is 0 Å². The quantitative estimate of drug-likeness (QED) is 0.622. The van der Waals surface area contributed by atoms with Crippen LogP contribution in [0.2, 0.25) is 0 Å². The summed E-state index contributed by atoms with van der Waals surface area (Å²) in [6.07, 6.45) is 8.44. The van der Waals surface area contributed by atoms with Crippen LogP contribution >= 0.6 is 0 Å². The van der Waals surface area contributed by atoms with Gasteiger partial charge in [0, 0.05) is 13.1 Å². The van der Waals surface area contributed by atoms with Crippen molar-refractivity contribution in [1.29, 1.82) is 0 Å². The van der Waals surface area contributed by atoms with E-state index in [0.29, 0.717) is 0 Å². The number of hydrogen-bond acceptors (Lipinski definition) is 2. The highest BCUT2D eigenvalue weighted by Crippen LogP contribution is 2.09. The molecule has 1 fully saturated rings. The van der Waals surface area contributed by atoms with Crippen LogP contribution in [0.3, 0.4) is 0 Å². The number of nitrogens with zero attached hydrogens (tertiary/aromatic N) is 1. The molecule has 0 atom stereocenters. The van der Waals surface area contributed by atoms with E-state index in [0.717, 1.165) is 0 Å². The molecule has 0 aromatic rings. The smallest absolute Gasteiger partial charge is 0.0130 e. The zero-order valence-corrected chi connectivity index (χ0v) is 7.60. The molecule has 11 heavy (non-hydrogen) atoms. The average molecular weight is 156 g/mol. The Morgan fingerprint density at radius 1 is 0.818 bits per heavy atom. The van der Waals surface area contributed by atoms with E-state index < -0.39 is 0 Å². The molecule has 0 radical (unpaired) electrons. The molecule has 1 heterocycles. The lowest BCUT2D eigenvalue weighted by Crippen LogP contribution is -2.36. The van der Waals surface area contributed by atoms with Crippen LogP contribution < -0.4 is 5.43 Å². The van der Waals surface area contributed by atoms with Crippen molar-refractivity contribution >= 4 is 0 Å². The summed E-state index contributed by atoms with van der Waals surface area (Å²) >= 11 is 0. The predicted octanol–water partition coefficient (Wildman–Crippen LogP) is 1.78. The lowest BCUT2D eigenvalue weighted by atomic mass is 10.1. The Balaban J connectivity index is 2.19. The van der Waals surface area contributed by atoms with E-state index in [2.05, 4.69) is 10.4 Å². The van der Waals surface area contributed by atoms with Crippen LogP contribution in [-0.2, 0) is 0 Å². The summed E-state index contributed by atoms with van der Waals surface area (Å²) in [6.45, 7) is 2.47. The van der Waals surface area contributed by atoms with Gasteiger partial charge in [-0.15, -0.1) is 0 Å². The molecular formula is C9H20N2. The molecule has 0 aromatic carbocycles. The number of hydrazine groups is 1. The Morgan fingerprint density at radius 2 is 1.27 bits per heavy atom. The maximum Gasteiger partial charge on any atom is 0.0130 e. The summed E-state index contributed by atoms with van der Waals surface area (Å²) in [4.78, 5) is 0. The summed E-state index contributed by atoms with van der Waals surface area (Å²) in [5, 5.41) is 2.34. The van der Waals surface area contributed by atoms with Gasteiger partial charge >= 0.3 is 0 Å². The highest BCUT2D eigenvalue weighted by atomic mass is 15.5. The molecule has 0 bridgehead atoms. The van der Waals surface area contributed by atoms with Gasteiger partial charge in [-0.3, -0.25) is 5.43 Å². The van der Waals surface area contributed by atoms with Gasteiger partial charge in [0.1, 0.15) is 0 Å². The first-order valence-electron chi connectivity index (χ1n) is 4.86. The minimum absolute atomic E-state index is 1.23. The third-order valence-corrected chi connectivity index (χ3v) is 2.42. The molecular weight excluding hydrogens is 136 g/mol. The van der Waals surface area contributed by atoms with Gasteiger partial charge in [0.25, 0.3) is 0 Å². The Kier molecular flexibility index (Phi) is 4.55. The molecule has 1 saturated heterocycles. The lowest BCUT2D eigenvalue weighted by molar-refractivity contribution is 0.204. The van der Waals surface area contributed by atoms with Crippen molar-refractivity contribution in [2.24, 2.45) is 0 Å². The number of nitrogens with one attached hydrogen (secondary N) is 1. The fraction of sp³-hybridized carbons (Fsp3) is 1.00. The molecule has 0 aromatic heterocycles. The van der Waals surface area contributed by atoms with E-state index >= 15 is 0 Å². The van der Waals surface area contributed by atoms with Gasteiger partial charge in [-0.1, -0.05) is 25.7 Å². The predicted molar refractivity (Wildman–Crippen MR) is 48.3 cm³/mol. The van der Waals surface area contributed by atoms with E-state index in [9.17, 15) is 0 Å². The second-order valence-electron chi connectivity index (χ2n) is 3.33. The molecule has 0 aliphatic carbocycles. The lowest BCUT2D eigenvalue weighted by Gasteiger charge is -2.19. The van der Waals surface area contributed by atoms with Gasteiger partial charge in [-0.05, 0) is 19.9 Å². The van der Waals surface area contributed by atoms with Crippen molar-refractivity contribution in [1.82, 2.24) is 10.4 Å². The van der Waals surface area contributed by atoms with Gasteiger partial charge in [0.15, 0.2) is 0 Å². The van der Waals surface area contributed by atoms with Gasteiger partial charge in [0.2, 0.25) is 0 Å². The van der Waals surface area contributed by atoms with E-state index in [4.69, 9.17) is 0 Å². The van der Waals surface area contributed by atoms with Crippen molar-refractivity contribution in [2.45, 2.75) is 38.5 Å². The van der Waals surface area contributed by atoms with Crippen molar-refractivity contribution < 1.29 is 0 Å². The monoisotopic (exact) mass is 156 g/mol. The highest BCUT2D eigenvalue weighted by Gasteiger charge is 2.03. The average Bonchev–Trinajstić information content (AvgIpc) is 2.16. The summed E-state index contributed by atoms with van der Waals surface area (Å²) in [6, 6.07) is 0. The second-order valence-corrected chi connectivity index (χ2v) is 3.33. The minimum Gasteiger partial charge on any atom is -0.258 e. The van der Waals surface area contributed by atoms with Gasteiger partial charge in [-0.2, -0.15) is 0 Å². The maximum atomic E-state index is 3.23.